The third-order valence-electron chi connectivity index (χ3n) is 1.92. The van der Waals surface area contributed by atoms with Crippen LogP contribution in [0.4, 0.5) is 8.78 Å². The largest absolute Gasteiger partial charge is 0.275 e. The highest BCUT2D eigenvalue weighted by Gasteiger charge is 2.08. The van der Waals surface area contributed by atoms with Crippen LogP contribution in [0.2, 0.25) is 0 Å². The summed E-state index contributed by atoms with van der Waals surface area (Å²) >= 11 is 0. The van der Waals surface area contributed by atoms with Gasteiger partial charge < -0.3 is 0 Å². The molecule has 0 saturated carbocycles. The average molecular weight is 194 g/mol. The molecule has 0 saturated heterocycles. The first kappa shape index (κ1) is 8.87. The van der Waals surface area contributed by atoms with Crippen molar-refractivity contribution in [3.05, 3.63) is 42.1 Å². The van der Waals surface area contributed by atoms with E-state index in [1.165, 1.54) is 0 Å². The summed E-state index contributed by atoms with van der Waals surface area (Å²) in [6, 6.07) is 4.96. The van der Waals surface area contributed by atoms with Gasteiger partial charge in [0.15, 0.2) is 0 Å². The molecular weight excluding hydrogens is 186 g/mol. The summed E-state index contributed by atoms with van der Waals surface area (Å²) in [4.78, 5) is 0. The third kappa shape index (κ3) is 1.51. The summed E-state index contributed by atoms with van der Waals surface area (Å²) < 4.78 is 27.6. The molecule has 0 fully saturated rings. The highest BCUT2D eigenvalue weighted by Crippen LogP contribution is 2.21. The van der Waals surface area contributed by atoms with Gasteiger partial charge in [0.05, 0.1) is 5.69 Å². The molecule has 0 aliphatic carbocycles. The van der Waals surface area contributed by atoms with E-state index in [0.29, 0.717) is 5.69 Å². The molecule has 0 spiro atoms. The Bertz CT molecular complexity index is 463. The van der Waals surface area contributed by atoms with Crippen LogP contribution < -0.4 is 0 Å². The molecule has 0 N–H and O–H groups in total. The predicted octanol–water partition coefficient (Wildman–Crippen LogP) is 2.37. The molecule has 1 aromatic carbocycles. The van der Waals surface area contributed by atoms with Gasteiger partial charge in [-0.2, -0.15) is 5.10 Å². The van der Waals surface area contributed by atoms with Gasteiger partial charge in [-0.3, -0.25) is 4.68 Å². The number of aryl methyl sites for hydroxylation is 1. The second-order valence-corrected chi connectivity index (χ2v) is 3.00. The Morgan fingerprint density at radius 3 is 2.64 bits per heavy atom. The predicted molar refractivity (Wildman–Crippen MR) is 48.6 cm³/mol. The Balaban J connectivity index is 2.55. The number of hydrogen-bond donors (Lipinski definition) is 0. The fourth-order valence-corrected chi connectivity index (χ4v) is 1.25. The van der Waals surface area contributed by atoms with Crippen molar-refractivity contribution >= 4 is 0 Å². The molecule has 0 atom stereocenters. The Labute approximate surface area is 79.8 Å². The lowest BCUT2D eigenvalue weighted by Crippen LogP contribution is -1.90. The lowest BCUT2D eigenvalue weighted by molar-refractivity contribution is 0.602. The van der Waals surface area contributed by atoms with E-state index < -0.39 is 11.6 Å². The fourth-order valence-electron chi connectivity index (χ4n) is 1.25. The Kier molecular flexibility index (Phi) is 2.04. The smallest absolute Gasteiger partial charge is 0.132 e. The summed E-state index contributed by atoms with van der Waals surface area (Å²) in [5, 5.41) is 3.99. The van der Waals surface area contributed by atoms with Gasteiger partial charge in [-0.15, -0.1) is 0 Å². The van der Waals surface area contributed by atoms with E-state index in [9.17, 15) is 8.78 Å². The number of aromatic nitrogens is 2. The molecule has 0 radical (unpaired) electrons. The van der Waals surface area contributed by atoms with Crippen LogP contribution in [0.25, 0.3) is 11.3 Å². The van der Waals surface area contributed by atoms with Crippen LogP contribution in [0.15, 0.2) is 30.5 Å². The SMILES string of the molecule is Cn1ccc(-c2cc(F)ccc2F)n1. The molecule has 0 unspecified atom stereocenters. The van der Waals surface area contributed by atoms with Crippen molar-refractivity contribution in [1.29, 1.82) is 0 Å². The summed E-state index contributed by atoms with van der Waals surface area (Å²) in [5.74, 6) is -0.933. The second-order valence-electron chi connectivity index (χ2n) is 3.00. The molecule has 0 amide bonds. The zero-order valence-electron chi connectivity index (χ0n) is 7.54. The summed E-state index contributed by atoms with van der Waals surface area (Å²) in [6.45, 7) is 0. The number of nitrogens with zero attached hydrogens (tertiary/aromatic N) is 2. The van der Waals surface area contributed by atoms with Gasteiger partial charge >= 0.3 is 0 Å². The highest BCUT2D eigenvalue weighted by atomic mass is 19.1. The lowest BCUT2D eigenvalue weighted by atomic mass is 10.1. The van der Waals surface area contributed by atoms with Crippen molar-refractivity contribution in [2.45, 2.75) is 0 Å². The Morgan fingerprint density at radius 2 is 2.00 bits per heavy atom. The molecule has 1 heterocycles. The topological polar surface area (TPSA) is 17.8 Å². The fraction of sp³-hybridized carbons (Fsp3) is 0.100. The van der Waals surface area contributed by atoms with E-state index in [4.69, 9.17) is 0 Å². The van der Waals surface area contributed by atoms with Crippen molar-refractivity contribution in [3.8, 4) is 11.3 Å². The van der Waals surface area contributed by atoms with Crippen molar-refractivity contribution < 1.29 is 8.78 Å². The maximum atomic E-state index is 13.2. The summed E-state index contributed by atoms with van der Waals surface area (Å²) in [5.41, 5.74) is 0.620. The zero-order valence-corrected chi connectivity index (χ0v) is 7.54. The highest BCUT2D eigenvalue weighted by molar-refractivity contribution is 5.59. The quantitative estimate of drug-likeness (QED) is 0.681. The van der Waals surface area contributed by atoms with Crippen LogP contribution >= 0.6 is 0 Å². The van der Waals surface area contributed by atoms with Crippen molar-refractivity contribution in [1.82, 2.24) is 9.78 Å². The van der Waals surface area contributed by atoms with E-state index in [2.05, 4.69) is 5.10 Å². The monoisotopic (exact) mass is 194 g/mol. The molecule has 1 aromatic heterocycles. The van der Waals surface area contributed by atoms with Crippen LogP contribution in [-0.4, -0.2) is 9.78 Å². The maximum Gasteiger partial charge on any atom is 0.132 e. The summed E-state index contributed by atoms with van der Waals surface area (Å²) in [7, 11) is 1.72. The van der Waals surface area contributed by atoms with Gasteiger partial charge in [-0.25, -0.2) is 8.78 Å². The first-order chi connectivity index (χ1) is 6.66. The number of hydrogen-bond acceptors (Lipinski definition) is 1. The average Bonchev–Trinajstić information content (AvgIpc) is 2.56. The van der Waals surface area contributed by atoms with Crippen LogP contribution in [0.1, 0.15) is 0 Å². The number of rotatable bonds is 1. The van der Waals surface area contributed by atoms with E-state index in [1.54, 1.807) is 24.0 Å². The number of benzene rings is 1. The molecule has 72 valence electrons. The van der Waals surface area contributed by atoms with Gasteiger partial charge in [0, 0.05) is 18.8 Å². The van der Waals surface area contributed by atoms with Gasteiger partial charge in [-0.05, 0) is 24.3 Å². The minimum absolute atomic E-state index is 0.186. The molecule has 0 aliphatic heterocycles. The van der Waals surface area contributed by atoms with Crippen LogP contribution in [0.3, 0.4) is 0 Å². The van der Waals surface area contributed by atoms with E-state index in [0.717, 1.165) is 18.2 Å². The minimum atomic E-state index is -0.468. The number of halogens is 2. The van der Waals surface area contributed by atoms with E-state index in [1.807, 2.05) is 0 Å². The molecule has 2 nitrogen and oxygen atoms in total. The van der Waals surface area contributed by atoms with Crippen molar-refractivity contribution in [2.24, 2.45) is 7.05 Å². The Morgan fingerprint density at radius 1 is 1.21 bits per heavy atom. The van der Waals surface area contributed by atoms with Gasteiger partial charge in [0.1, 0.15) is 11.6 Å². The van der Waals surface area contributed by atoms with Gasteiger partial charge in [0.2, 0.25) is 0 Å². The van der Waals surface area contributed by atoms with Crippen LogP contribution in [0, 0.1) is 11.6 Å². The first-order valence-corrected chi connectivity index (χ1v) is 4.12. The molecule has 0 bridgehead atoms. The normalized spacial score (nSPS) is 10.5. The van der Waals surface area contributed by atoms with Crippen LogP contribution in [-0.2, 0) is 7.05 Å². The van der Waals surface area contributed by atoms with E-state index in [-0.39, 0.29) is 5.56 Å². The zero-order chi connectivity index (χ0) is 10.1. The van der Waals surface area contributed by atoms with Gasteiger partial charge in [0.25, 0.3) is 0 Å². The molecule has 4 heteroatoms. The molecule has 14 heavy (non-hydrogen) atoms. The first-order valence-electron chi connectivity index (χ1n) is 4.12. The maximum absolute atomic E-state index is 13.2. The Hall–Kier alpha value is -1.71. The van der Waals surface area contributed by atoms with Crippen LogP contribution in [0.5, 0.6) is 0 Å². The van der Waals surface area contributed by atoms with Crippen molar-refractivity contribution in [2.75, 3.05) is 0 Å². The van der Waals surface area contributed by atoms with E-state index >= 15 is 0 Å². The summed E-state index contributed by atoms with van der Waals surface area (Å²) in [6.07, 6.45) is 1.68. The second kappa shape index (κ2) is 3.21. The minimum Gasteiger partial charge on any atom is -0.275 e. The molecule has 2 aromatic rings. The third-order valence-corrected chi connectivity index (χ3v) is 1.92. The van der Waals surface area contributed by atoms with Crippen molar-refractivity contribution in [3.63, 3.8) is 0 Å². The standard InChI is InChI=1S/C10H8F2N2/c1-14-5-4-10(13-14)8-6-7(11)2-3-9(8)12/h2-6H,1H3. The molecule has 0 aliphatic rings. The molecule has 2 rings (SSSR count). The lowest BCUT2D eigenvalue weighted by Gasteiger charge is -1.98. The molecular formula is C10H8F2N2. The van der Waals surface area contributed by atoms with Gasteiger partial charge in [-0.1, -0.05) is 0 Å².